The third kappa shape index (κ3) is 4.70. The Morgan fingerprint density at radius 2 is 2.05 bits per heavy atom. The van der Waals surface area contributed by atoms with E-state index in [2.05, 4.69) is 41.5 Å². The Balaban J connectivity index is 1.83. The van der Waals surface area contributed by atoms with Crippen molar-refractivity contribution in [2.75, 3.05) is 18.9 Å². The Morgan fingerprint density at radius 1 is 1.32 bits per heavy atom. The molecule has 2 rings (SSSR count). The fraction of sp³-hybridized carbons (Fsp3) is 0.412. The van der Waals surface area contributed by atoms with E-state index in [0.717, 1.165) is 17.8 Å². The third-order valence-corrected chi connectivity index (χ3v) is 3.79. The maximum atomic E-state index is 12.0. The average molecular weight is 300 g/mol. The van der Waals surface area contributed by atoms with Crippen molar-refractivity contribution < 1.29 is 4.79 Å². The number of hydrogen-bond donors (Lipinski definition) is 2. The lowest BCUT2D eigenvalue weighted by Gasteiger charge is -2.15. The molecule has 2 N–H and O–H groups in total. The quantitative estimate of drug-likeness (QED) is 0.826. The minimum Gasteiger partial charge on any atom is -0.325 e. The van der Waals surface area contributed by atoms with E-state index >= 15 is 0 Å². The minimum atomic E-state index is -0.0155. The first-order chi connectivity index (χ1) is 10.6. The van der Waals surface area contributed by atoms with Crippen LogP contribution in [0.1, 0.15) is 37.4 Å². The van der Waals surface area contributed by atoms with Gasteiger partial charge in [0.2, 0.25) is 5.91 Å². The Labute approximate surface area is 131 Å². The summed E-state index contributed by atoms with van der Waals surface area (Å²) in [6, 6.07) is 10.0. The van der Waals surface area contributed by atoms with Crippen LogP contribution in [0.15, 0.2) is 36.5 Å². The van der Waals surface area contributed by atoms with Crippen molar-refractivity contribution in [3.63, 3.8) is 0 Å². The molecule has 118 valence electrons. The number of nitrogens with zero attached hydrogens (tertiary/aromatic N) is 2. The molecule has 1 aromatic heterocycles. The van der Waals surface area contributed by atoms with Gasteiger partial charge in [-0.3, -0.25) is 14.8 Å². The van der Waals surface area contributed by atoms with Crippen molar-refractivity contribution in [1.82, 2.24) is 15.1 Å². The molecule has 0 fully saturated rings. The van der Waals surface area contributed by atoms with Crippen molar-refractivity contribution in [2.45, 2.75) is 32.7 Å². The van der Waals surface area contributed by atoms with Gasteiger partial charge in [-0.25, -0.2) is 0 Å². The van der Waals surface area contributed by atoms with Crippen LogP contribution in [-0.4, -0.2) is 34.6 Å². The van der Waals surface area contributed by atoms with E-state index in [1.54, 1.807) is 6.20 Å². The van der Waals surface area contributed by atoms with Gasteiger partial charge in [-0.2, -0.15) is 5.10 Å². The highest BCUT2D eigenvalue weighted by molar-refractivity contribution is 5.92. The number of nitrogens with one attached hydrogen (secondary N) is 2. The van der Waals surface area contributed by atoms with Crippen molar-refractivity contribution in [1.29, 1.82) is 0 Å². The second kappa shape index (κ2) is 7.75. The lowest BCUT2D eigenvalue weighted by molar-refractivity contribution is -0.117. The largest absolute Gasteiger partial charge is 0.325 e. The molecule has 0 spiro atoms. The number of anilines is 1. The van der Waals surface area contributed by atoms with Crippen LogP contribution in [0.4, 0.5) is 5.69 Å². The summed E-state index contributed by atoms with van der Waals surface area (Å²) in [5.74, 6) is 0.531. The molecule has 0 saturated heterocycles. The van der Waals surface area contributed by atoms with E-state index in [0.29, 0.717) is 19.0 Å². The van der Waals surface area contributed by atoms with Gasteiger partial charge in [0.25, 0.3) is 0 Å². The van der Waals surface area contributed by atoms with Gasteiger partial charge in [0.15, 0.2) is 0 Å². The Morgan fingerprint density at radius 3 is 2.64 bits per heavy atom. The standard InChI is InChI=1S/C17H24N4O/c1-4-13(2)14-5-7-15(8-6-14)19-17(22)12-21(3)11-16-9-10-18-20-16/h5-10,13H,4,11-12H2,1-3H3,(H,18,20)(H,19,22). The molecule has 1 amide bonds. The summed E-state index contributed by atoms with van der Waals surface area (Å²) >= 11 is 0. The van der Waals surface area contributed by atoms with E-state index in [4.69, 9.17) is 0 Å². The normalized spacial score (nSPS) is 12.4. The highest BCUT2D eigenvalue weighted by Crippen LogP contribution is 2.20. The molecule has 0 saturated carbocycles. The molecule has 2 aromatic rings. The second-order valence-electron chi connectivity index (χ2n) is 5.73. The van der Waals surface area contributed by atoms with Crippen LogP contribution in [0.25, 0.3) is 0 Å². The zero-order valence-electron chi connectivity index (χ0n) is 13.5. The molecule has 0 radical (unpaired) electrons. The molecule has 5 nitrogen and oxygen atoms in total. The second-order valence-corrected chi connectivity index (χ2v) is 5.73. The topological polar surface area (TPSA) is 61.0 Å². The van der Waals surface area contributed by atoms with Gasteiger partial charge in [0, 0.05) is 24.1 Å². The molecule has 1 unspecified atom stereocenters. The van der Waals surface area contributed by atoms with Gasteiger partial charge in [0.05, 0.1) is 6.54 Å². The van der Waals surface area contributed by atoms with Crippen LogP contribution in [0, 0.1) is 0 Å². The summed E-state index contributed by atoms with van der Waals surface area (Å²) in [6.45, 7) is 5.39. The molecule has 22 heavy (non-hydrogen) atoms. The fourth-order valence-electron chi connectivity index (χ4n) is 2.30. The van der Waals surface area contributed by atoms with Crippen LogP contribution in [0.2, 0.25) is 0 Å². The van der Waals surface area contributed by atoms with Crippen LogP contribution in [0.3, 0.4) is 0 Å². The van der Waals surface area contributed by atoms with Crippen molar-refractivity contribution in [3.05, 3.63) is 47.8 Å². The summed E-state index contributed by atoms with van der Waals surface area (Å²) in [5, 5.41) is 9.72. The zero-order valence-corrected chi connectivity index (χ0v) is 13.5. The number of benzene rings is 1. The summed E-state index contributed by atoms with van der Waals surface area (Å²) in [4.78, 5) is 14.0. The predicted molar refractivity (Wildman–Crippen MR) is 88.7 cm³/mol. The average Bonchev–Trinajstić information content (AvgIpc) is 2.99. The molecule has 1 heterocycles. The lowest BCUT2D eigenvalue weighted by Crippen LogP contribution is -2.29. The van der Waals surface area contributed by atoms with Crippen LogP contribution in [-0.2, 0) is 11.3 Å². The smallest absolute Gasteiger partial charge is 0.238 e. The number of carbonyl (C=O) groups excluding carboxylic acids is 1. The van der Waals surface area contributed by atoms with Gasteiger partial charge in [-0.15, -0.1) is 0 Å². The molecule has 5 heteroatoms. The number of rotatable bonds is 7. The van der Waals surface area contributed by atoms with Crippen LogP contribution in [0.5, 0.6) is 0 Å². The highest BCUT2D eigenvalue weighted by Gasteiger charge is 2.09. The van der Waals surface area contributed by atoms with Gasteiger partial charge < -0.3 is 5.32 Å². The van der Waals surface area contributed by atoms with Gasteiger partial charge in [-0.1, -0.05) is 26.0 Å². The first-order valence-electron chi connectivity index (χ1n) is 7.65. The molecule has 1 atom stereocenters. The Hall–Kier alpha value is -2.14. The number of H-pyrrole nitrogens is 1. The minimum absolute atomic E-state index is 0.0155. The third-order valence-electron chi connectivity index (χ3n) is 3.79. The predicted octanol–water partition coefficient (Wildman–Crippen LogP) is 2.99. The molecular formula is C17H24N4O. The number of aromatic amines is 1. The Bertz CT molecular complexity index is 577. The van der Waals surface area contributed by atoms with E-state index < -0.39 is 0 Å². The fourth-order valence-corrected chi connectivity index (χ4v) is 2.30. The molecular weight excluding hydrogens is 276 g/mol. The first-order valence-corrected chi connectivity index (χ1v) is 7.65. The summed E-state index contributed by atoms with van der Waals surface area (Å²) in [7, 11) is 1.91. The van der Waals surface area contributed by atoms with Gasteiger partial charge in [0.1, 0.15) is 0 Å². The SMILES string of the molecule is CCC(C)c1ccc(NC(=O)CN(C)Cc2ccn[nH]2)cc1. The van der Waals surface area contributed by atoms with Crippen molar-refractivity contribution in [3.8, 4) is 0 Å². The van der Waals surface area contributed by atoms with Gasteiger partial charge in [-0.05, 0) is 43.1 Å². The zero-order chi connectivity index (χ0) is 15.9. The van der Waals surface area contributed by atoms with Crippen LogP contribution >= 0.6 is 0 Å². The summed E-state index contributed by atoms with van der Waals surface area (Å²) in [6.07, 6.45) is 2.83. The van der Waals surface area contributed by atoms with Crippen molar-refractivity contribution >= 4 is 11.6 Å². The monoisotopic (exact) mass is 300 g/mol. The van der Waals surface area contributed by atoms with E-state index in [1.165, 1.54) is 5.56 Å². The molecule has 0 aliphatic heterocycles. The highest BCUT2D eigenvalue weighted by atomic mass is 16.2. The summed E-state index contributed by atoms with van der Waals surface area (Å²) < 4.78 is 0. The Kier molecular flexibility index (Phi) is 5.72. The van der Waals surface area contributed by atoms with Crippen LogP contribution < -0.4 is 5.32 Å². The molecule has 1 aromatic carbocycles. The first kappa shape index (κ1) is 16.2. The number of carbonyl (C=O) groups is 1. The van der Waals surface area contributed by atoms with E-state index in [1.807, 2.05) is 30.1 Å². The number of aromatic nitrogens is 2. The maximum absolute atomic E-state index is 12.0. The van der Waals surface area contributed by atoms with Crippen molar-refractivity contribution in [2.24, 2.45) is 0 Å². The molecule has 0 aliphatic rings. The molecule has 0 aliphatic carbocycles. The van der Waals surface area contributed by atoms with Gasteiger partial charge >= 0.3 is 0 Å². The van der Waals surface area contributed by atoms with E-state index in [9.17, 15) is 4.79 Å². The van der Waals surface area contributed by atoms with E-state index in [-0.39, 0.29) is 5.91 Å². The number of hydrogen-bond acceptors (Lipinski definition) is 3. The maximum Gasteiger partial charge on any atom is 0.238 e. The number of likely N-dealkylation sites (N-methyl/N-ethyl adjacent to an activating group) is 1. The lowest BCUT2D eigenvalue weighted by atomic mass is 9.99. The number of amides is 1. The molecule has 0 bridgehead atoms. The summed E-state index contributed by atoms with van der Waals surface area (Å²) in [5.41, 5.74) is 3.14.